The second kappa shape index (κ2) is 18.6. The molecule has 0 spiro atoms. The Morgan fingerprint density at radius 2 is 1.75 bits per heavy atom. The molecule has 2 fully saturated rings. The van der Waals surface area contributed by atoms with Gasteiger partial charge in [-0.25, -0.2) is 4.98 Å². The first-order valence-corrected chi connectivity index (χ1v) is 28.6. The molecule has 2 amide bonds. The van der Waals surface area contributed by atoms with Crippen LogP contribution in [-0.4, -0.2) is 81.4 Å². The van der Waals surface area contributed by atoms with Crippen LogP contribution in [0.3, 0.4) is 0 Å². The molecule has 3 aliphatic rings. The van der Waals surface area contributed by atoms with Gasteiger partial charge in [0.05, 0.1) is 60.9 Å². The van der Waals surface area contributed by atoms with E-state index in [-0.39, 0.29) is 40.5 Å². The summed E-state index contributed by atoms with van der Waals surface area (Å²) in [5.74, 6) is 0.545. The van der Waals surface area contributed by atoms with Crippen molar-refractivity contribution in [3.05, 3.63) is 127 Å². The summed E-state index contributed by atoms with van der Waals surface area (Å²) in [7, 11) is -2.23. The molecular formula is C54H66ClN7O5SSi. The number of amides is 2. The van der Waals surface area contributed by atoms with Gasteiger partial charge in [-0.1, -0.05) is 93.8 Å². The van der Waals surface area contributed by atoms with Crippen molar-refractivity contribution in [1.29, 1.82) is 0 Å². The molecule has 6 aromatic rings. The number of carbonyl (C=O) groups excluding carboxylic acids is 2. The zero-order valence-electron chi connectivity index (χ0n) is 41.9. The van der Waals surface area contributed by atoms with E-state index in [1.54, 1.807) is 22.3 Å². The van der Waals surface area contributed by atoms with Gasteiger partial charge in [-0.2, -0.15) is 4.98 Å². The number of hydrogen-bond donors (Lipinski definition) is 1. The maximum absolute atomic E-state index is 15.0. The molecule has 3 aromatic carbocycles. The maximum atomic E-state index is 15.0. The molecule has 12 nitrogen and oxygen atoms in total. The van der Waals surface area contributed by atoms with Crippen molar-refractivity contribution < 1.29 is 18.5 Å². The summed E-state index contributed by atoms with van der Waals surface area (Å²) in [6, 6.07) is 21.5. The highest BCUT2D eigenvalue weighted by atomic mass is 35.5. The molecule has 9 rings (SSSR count). The molecule has 15 heteroatoms. The molecular weight excluding hydrogens is 922 g/mol. The van der Waals surface area contributed by atoms with Gasteiger partial charge in [0.2, 0.25) is 11.8 Å². The zero-order chi connectivity index (χ0) is 49.3. The van der Waals surface area contributed by atoms with Gasteiger partial charge in [0.15, 0.2) is 8.32 Å². The van der Waals surface area contributed by atoms with Crippen LogP contribution in [0.15, 0.2) is 81.6 Å². The van der Waals surface area contributed by atoms with Crippen molar-refractivity contribution in [2.45, 2.75) is 142 Å². The van der Waals surface area contributed by atoms with Crippen molar-refractivity contribution in [1.82, 2.24) is 34.8 Å². The van der Waals surface area contributed by atoms with E-state index in [2.05, 4.69) is 120 Å². The van der Waals surface area contributed by atoms with Crippen LogP contribution in [0, 0.1) is 12.8 Å². The number of aryl methyl sites for hydroxylation is 1. The predicted molar refractivity (Wildman–Crippen MR) is 277 cm³/mol. The molecule has 0 unspecified atom stereocenters. The number of nitrogens with one attached hydrogen (secondary N) is 1. The van der Waals surface area contributed by atoms with Gasteiger partial charge >= 0.3 is 0 Å². The van der Waals surface area contributed by atoms with E-state index in [0.29, 0.717) is 41.6 Å². The number of benzene rings is 3. The minimum absolute atomic E-state index is 0.0354. The highest BCUT2D eigenvalue weighted by Gasteiger charge is 2.48. The predicted octanol–water partition coefficient (Wildman–Crippen LogP) is 11.1. The fourth-order valence-corrected chi connectivity index (χ4v) is 12.9. The zero-order valence-corrected chi connectivity index (χ0v) is 44.4. The van der Waals surface area contributed by atoms with E-state index < -0.39 is 25.7 Å². The number of thiazole rings is 1. The molecule has 6 heterocycles. The van der Waals surface area contributed by atoms with Crippen molar-refractivity contribution in [2.24, 2.45) is 5.92 Å². The molecule has 69 heavy (non-hydrogen) atoms. The average molecular weight is 989 g/mol. The molecule has 1 N–H and O–H groups in total. The third kappa shape index (κ3) is 9.27. The summed E-state index contributed by atoms with van der Waals surface area (Å²) in [5, 5.41) is 8.60. The fraction of sp³-hybridized carbons (Fsp3) is 0.481. The largest absolute Gasteiger partial charge is 0.412 e. The summed E-state index contributed by atoms with van der Waals surface area (Å²) in [4.78, 5) is 56.8. The highest BCUT2D eigenvalue weighted by Crippen LogP contribution is 2.45. The Morgan fingerprint density at radius 3 is 2.42 bits per heavy atom. The molecule has 3 aromatic heterocycles. The van der Waals surface area contributed by atoms with Crippen LogP contribution in [0.2, 0.25) is 23.2 Å². The van der Waals surface area contributed by atoms with Crippen molar-refractivity contribution in [3.8, 4) is 16.1 Å². The van der Waals surface area contributed by atoms with Crippen LogP contribution in [0.5, 0.6) is 0 Å². The normalized spacial score (nSPS) is 19.5. The number of hydrogen-bond acceptors (Lipinski definition) is 10. The van der Waals surface area contributed by atoms with Crippen LogP contribution in [0.1, 0.15) is 132 Å². The summed E-state index contributed by atoms with van der Waals surface area (Å²) >= 11 is 8.12. The minimum Gasteiger partial charge on any atom is -0.412 e. The van der Waals surface area contributed by atoms with Crippen molar-refractivity contribution in [3.63, 3.8) is 0 Å². The van der Waals surface area contributed by atoms with Crippen molar-refractivity contribution >= 4 is 54.0 Å². The van der Waals surface area contributed by atoms with Crippen LogP contribution >= 0.6 is 22.9 Å². The van der Waals surface area contributed by atoms with E-state index in [1.165, 1.54) is 5.56 Å². The molecule has 0 aliphatic carbocycles. The van der Waals surface area contributed by atoms with Crippen LogP contribution < -0.4 is 10.9 Å². The van der Waals surface area contributed by atoms with E-state index in [1.807, 2.05) is 51.4 Å². The van der Waals surface area contributed by atoms with E-state index >= 15 is 0 Å². The Hall–Kier alpha value is -4.99. The first kappa shape index (κ1) is 49.0. The molecule has 364 valence electrons. The topological polar surface area (TPSA) is 136 Å². The molecule has 0 saturated carbocycles. The molecule has 2 saturated heterocycles. The Balaban J connectivity index is 0.877. The van der Waals surface area contributed by atoms with E-state index in [4.69, 9.17) is 20.6 Å². The maximum Gasteiger partial charge on any atom is 0.282 e. The van der Waals surface area contributed by atoms with Gasteiger partial charge < -0.3 is 19.2 Å². The Kier molecular flexibility index (Phi) is 13.2. The van der Waals surface area contributed by atoms with Crippen LogP contribution in [0.25, 0.3) is 27.0 Å². The lowest BCUT2D eigenvalue weighted by molar-refractivity contribution is -0.141. The van der Waals surface area contributed by atoms with Gasteiger partial charge in [-0.05, 0) is 124 Å². The number of rotatable bonds is 12. The Morgan fingerprint density at radius 1 is 1.03 bits per heavy atom. The third-order valence-corrected chi connectivity index (χ3v) is 21.3. The van der Waals surface area contributed by atoms with Gasteiger partial charge in [-0.3, -0.25) is 23.9 Å². The fourth-order valence-electron chi connectivity index (χ4n) is 10.5. The van der Waals surface area contributed by atoms with E-state index in [0.717, 1.165) is 75.9 Å². The number of fused-ring (bicyclic) bond motifs is 5. The second-order valence-electron chi connectivity index (χ2n) is 22.0. The third-order valence-electron chi connectivity index (χ3n) is 15.5. The summed E-state index contributed by atoms with van der Waals surface area (Å²) in [6.45, 7) is 26.1. The standard InChI is InChI=1S/C54H66ClN7O5SSi/c1-31(2)46(51(65)61-29-39(67-69(10,11)53(5,6)7)27-44(61)49(63)57-32(3)34-15-17-36(18-16-34)48-33(4)56-30-68-48)45-26-38(59-66-45)28-60-23-21-35(22-24-60)37-19-20-42-40(25-37)54(8,9)52-58-50(64)47-41(55)13-12-14-43(47)62(42)52/h12-20,25-26,30-32,35,39,44,46H,21-24,27-29H2,1-11H3,(H,57,63)/t32-,39+,44-,46+/m0/s1. The number of piperidine rings is 1. The van der Waals surface area contributed by atoms with Gasteiger partial charge in [-0.15, -0.1) is 11.3 Å². The number of carbonyl (C=O) groups is 2. The van der Waals surface area contributed by atoms with Gasteiger partial charge in [0, 0.05) is 25.6 Å². The first-order valence-electron chi connectivity index (χ1n) is 24.5. The lowest BCUT2D eigenvalue weighted by atomic mass is 9.81. The molecule has 4 atom stereocenters. The smallest absolute Gasteiger partial charge is 0.282 e. The number of aromatic nitrogens is 4. The summed E-state index contributed by atoms with van der Waals surface area (Å²) in [6.07, 6.45) is 2.10. The van der Waals surface area contributed by atoms with Crippen molar-refractivity contribution in [2.75, 3.05) is 19.6 Å². The molecule has 0 bridgehead atoms. The van der Waals surface area contributed by atoms with Gasteiger partial charge in [0.25, 0.3) is 5.56 Å². The minimum atomic E-state index is -2.23. The number of halogens is 1. The molecule has 0 radical (unpaired) electrons. The monoisotopic (exact) mass is 987 g/mol. The van der Waals surface area contributed by atoms with Gasteiger partial charge in [0.1, 0.15) is 23.5 Å². The Labute approximate surface area is 415 Å². The highest BCUT2D eigenvalue weighted by molar-refractivity contribution is 7.13. The lowest BCUT2D eigenvalue weighted by Crippen LogP contribution is -2.48. The van der Waals surface area contributed by atoms with Crippen LogP contribution in [-0.2, 0) is 26.0 Å². The lowest BCUT2D eigenvalue weighted by Gasteiger charge is -2.38. The summed E-state index contributed by atoms with van der Waals surface area (Å²) in [5.41, 5.74) is 9.22. The van der Waals surface area contributed by atoms with Crippen LogP contribution in [0.4, 0.5) is 0 Å². The Bertz CT molecular complexity index is 2970. The van der Waals surface area contributed by atoms with E-state index in [9.17, 15) is 14.4 Å². The quantitative estimate of drug-likeness (QED) is 0.119. The average Bonchev–Trinajstić information content (AvgIpc) is 4.09. The number of nitrogens with zero attached hydrogens (tertiary/aromatic N) is 6. The SMILES string of the molecule is Cc1ncsc1-c1ccc([C@H](C)NC(=O)[C@@H]2C[C@@H](O[Si](C)(C)C(C)(C)C)CN2C(=O)[C@@H](c2cc(CN3CCC(c4ccc5c(c4)C(C)(C)c4nc(=O)c6c(Cl)cccc6n4-5)CC3)no2)C(C)C)cc1. The summed E-state index contributed by atoms with van der Waals surface area (Å²) < 4.78 is 15.1. The second-order valence-corrected chi connectivity index (χ2v) is 28.0. The first-order chi connectivity index (χ1) is 32.6. The number of likely N-dealkylation sites (tertiary alicyclic amines) is 2. The molecule has 3 aliphatic heterocycles.